The number of aromatic hydroxyl groups is 3. The number of phenols is 3. The third-order valence-corrected chi connectivity index (χ3v) is 3.59. The second-order valence-electron chi connectivity index (χ2n) is 5.02. The van der Waals surface area contributed by atoms with Crippen molar-refractivity contribution in [2.75, 3.05) is 14.2 Å². The van der Waals surface area contributed by atoms with Gasteiger partial charge in [-0.05, 0) is 24.3 Å². The maximum Gasteiger partial charge on any atom is 0.235 e. The Kier molecular flexibility index (Phi) is 3.69. The van der Waals surface area contributed by atoms with E-state index in [1.807, 2.05) is 0 Å². The highest BCUT2D eigenvalue weighted by Crippen LogP contribution is 2.38. The number of phenolic OH excluding ortho intramolecular Hbond substituents is 3. The Bertz CT molecular complexity index is 988. The summed E-state index contributed by atoms with van der Waals surface area (Å²) in [4.78, 5) is 12.6. The lowest BCUT2D eigenvalue weighted by Gasteiger charge is -2.11. The number of methoxy groups -OCH3 is 2. The van der Waals surface area contributed by atoms with Crippen LogP contribution in [-0.2, 0) is 0 Å². The van der Waals surface area contributed by atoms with Gasteiger partial charge in [-0.25, -0.2) is 0 Å². The van der Waals surface area contributed by atoms with E-state index in [0.717, 1.165) is 12.1 Å². The van der Waals surface area contributed by atoms with Crippen molar-refractivity contribution in [1.82, 2.24) is 0 Å². The number of hydrogen-bond donors (Lipinski definition) is 3. The van der Waals surface area contributed by atoms with Crippen molar-refractivity contribution in [2.45, 2.75) is 0 Å². The molecule has 0 atom stereocenters. The van der Waals surface area contributed by atoms with Gasteiger partial charge in [0.25, 0.3) is 0 Å². The Morgan fingerprint density at radius 3 is 2.29 bits per heavy atom. The van der Waals surface area contributed by atoms with Gasteiger partial charge in [0.15, 0.2) is 28.8 Å². The Balaban J connectivity index is 2.35. The molecule has 0 aliphatic carbocycles. The highest BCUT2D eigenvalue weighted by atomic mass is 16.5. The third kappa shape index (κ3) is 2.36. The quantitative estimate of drug-likeness (QED) is 0.633. The van der Waals surface area contributed by atoms with Crippen molar-refractivity contribution >= 4 is 11.0 Å². The summed E-state index contributed by atoms with van der Waals surface area (Å²) in [5.74, 6) is -0.670. The lowest BCUT2D eigenvalue weighted by molar-refractivity contribution is 0.373. The minimum atomic E-state index is -0.504. The van der Waals surface area contributed by atoms with Gasteiger partial charge in [0.05, 0.1) is 19.6 Å². The topological polar surface area (TPSA) is 109 Å². The first-order valence-electron chi connectivity index (χ1n) is 6.90. The molecule has 1 heterocycles. The van der Waals surface area contributed by atoms with Crippen LogP contribution in [-0.4, -0.2) is 29.5 Å². The first-order valence-corrected chi connectivity index (χ1v) is 6.90. The Hall–Kier alpha value is -3.35. The highest BCUT2D eigenvalue weighted by Gasteiger charge is 2.19. The van der Waals surface area contributed by atoms with Crippen LogP contribution in [0.5, 0.6) is 28.7 Å². The third-order valence-electron chi connectivity index (χ3n) is 3.59. The van der Waals surface area contributed by atoms with Gasteiger partial charge in [0.2, 0.25) is 11.2 Å². The standard InChI is InChI=1S/C17H14O7/c1-22-14-5-8(3-4-10(14)18)16-17(23-2)15(21)9-6-11(19)12(20)7-13(9)24-16/h3-7,18-20H,1-2H3. The monoisotopic (exact) mass is 330 g/mol. The number of ether oxygens (including phenoxy) is 2. The van der Waals surface area contributed by atoms with Gasteiger partial charge in [0.1, 0.15) is 5.58 Å². The molecule has 3 aromatic rings. The largest absolute Gasteiger partial charge is 0.504 e. The molecule has 3 rings (SSSR count). The average molecular weight is 330 g/mol. The number of benzene rings is 2. The highest BCUT2D eigenvalue weighted by molar-refractivity contribution is 5.85. The molecule has 0 aliphatic heterocycles. The molecule has 0 saturated heterocycles. The zero-order chi connectivity index (χ0) is 17.4. The van der Waals surface area contributed by atoms with Crippen molar-refractivity contribution in [2.24, 2.45) is 0 Å². The summed E-state index contributed by atoms with van der Waals surface area (Å²) in [5.41, 5.74) is 0.0160. The van der Waals surface area contributed by atoms with Crippen LogP contribution < -0.4 is 14.9 Å². The van der Waals surface area contributed by atoms with Crippen LogP contribution in [0.15, 0.2) is 39.5 Å². The Labute approximate surface area is 135 Å². The van der Waals surface area contributed by atoms with Crippen LogP contribution in [0.3, 0.4) is 0 Å². The molecule has 0 bridgehead atoms. The van der Waals surface area contributed by atoms with E-state index in [4.69, 9.17) is 13.9 Å². The van der Waals surface area contributed by atoms with Crippen LogP contribution in [0.25, 0.3) is 22.3 Å². The second-order valence-corrected chi connectivity index (χ2v) is 5.02. The van der Waals surface area contributed by atoms with Gasteiger partial charge in [0, 0.05) is 11.6 Å². The molecular weight excluding hydrogens is 316 g/mol. The SMILES string of the molecule is COc1cc(-c2oc3cc(O)c(O)cc3c(=O)c2OC)ccc1O. The summed E-state index contributed by atoms with van der Waals surface area (Å²) >= 11 is 0. The van der Waals surface area contributed by atoms with Crippen molar-refractivity contribution < 1.29 is 29.2 Å². The summed E-state index contributed by atoms with van der Waals surface area (Å²) in [6, 6.07) is 6.67. The zero-order valence-corrected chi connectivity index (χ0v) is 12.9. The van der Waals surface area contributed by atoms with Gasteiger partial charge in [-0.2, -0.15) is 0 Å². The first kappa shape index (κ1) is 15.5. The molecule has 2 aromatic carbocycles. The van der Waals surface area contributed by atoms with E-state index in [9.17, 15) is 20.1 Å². The molecule has 0 radical (unpaired) electrons. The lowest BCUT2D eigenvalue weighted by atomic mass is 10.1. The molecule has 0 aliphatic rings. The van der Waals surface area contributed by atoms with Crippen LogP contribution in [0.4, 0.5) is 0 Å². The average Bonchev–Trinajstić information content (AvgIpc) is 2.57. The molecule has 24 heavy (non-hydrogen) atoms. The summed E-state index contributed by atoms with van der Waals surface area (Å²) in [7, 11) is 2.72. The minimum absolute atomic E-state index is 0.0640. The molecule has 7 heteroatoms. The second kappa shape index (κ2) is 5.69. The molecule has 0 amide bonds. The van der Waals surface area contributed by atoms with Crippen LogP contribution in [0, 0.1) is 0 Å². The normalized spacial score (nSPS) is 10.8. The molecule has 0 saturated carbocycles. The fourth-order valence-corrected chi connectivity index (χ4v) is 2.40. The molecule has 7 nitrogen and oxygen atoms in total. The smallest absolute Gasteiger partial charge is 0.235 e. The van der Waals surface area contributed by atoms with Gasteiger partial charge < -0.3 is 29.2 Å². The van der Waals surface area contributed by atoms with E-state index in [1.54, 1.807) is 0 Å². The molecule has 3 N–H and O–H groups in total. The Morgan fingerprint density at radius 1 is 0.917 bits per heavy atom. The summed E-state index contributed by atoms with van der Waals surface area (Å²) in [5, 5.41) is 29.0. The molecular formula is C17H14O7. The van der Waals surface area contributed by atoms with E-state index in [0.29, 0.717) is 5.56 Å². The number of rotatable bonds is 3. The van der Waals surface area contributed by atoms with E-state index >= 15 is 0 Å². The fourth-order valence-electron chi connectivity index (χ4n) is 2.40. The maximum atomic E-state index is 12.6. The summed E-state index contributed by atoms with van der Waals surface area (Å²) in [6.07, 6.45) is 0. The number of hydrogen-bond acceptors (Lipinski definition) is 7. The number of fused-ring (bicyclic) bond motifs is 1. The summed E-state index contributed by atoms with van der Waals surface area (Å²) < 4.78 is 15.9. The lowest BCUT2D eigenvalue weighted by Crippen LogP contribution is -2.07. The summed E-state index contributed by atoms with van der Waals surface area (Å²) in [6.45, 7) is 0. The van der Waals surface area contributed by atoms with Crippen LogP contribution in [0.1, 0.15) is 0 Å². The molecule has 0 fully saturated rings. The van der Waals surface area contributed by atoms with Crippen LogP contribution >= 0.6 is 0 Å². The molecule has 124 valence electrons. The maximum absolute atomic E-state index is 12.6. The van der Waals surface area contributed by atoms with Crippen molar-refractivity contribution in [3.8, 4) is 40.1 Å². The van der Waals surface area contributed by atoms with Gasteiger partial charge in [-0.3, -0.25) is 4.79 Å². The molecule has 0 unspecified atom stereocenters. The minimum Gasteiger partial charge on any atom is -0.504 e. The van der Waals surface area contributed by atoms with Gasteiger partial charge in [-0.15, -0.1) is 0 Å². The Morgan fingerprint density at radius 2 is 1.62 bits per heavy atom. The molecule has 0 spiro atoms. The van der Waals surface area contributed by atoms with E-state index < -0.39 is 16.9 Å². The van der Waals surface area contributed by atoms with Crippen molar-refractivity contribution in [1.29, 1.82) is 0 Å². The van der Waals surface area contributed by atoms with Gasteiger partial charge >= 0.3 is 0 Å². The predicted molar refractivity (Wildman–Crippen MR) is 86.0 cm³/mol. The van der Waals surface area contributed by atoms with Crippen molar-refractivity contribution in [3.05, 3.63) is 40.6 Å². The van der Waals surface area contributed by atoms with E-state index in [1.165, 1.54) is 32.4 Å². The van der Waals surface area contributed by atoms with Crippen LogP contribution in [0.2, 0.25) is 0 Å². The van der Waals surface area contributed by atoms with Crippen molar-refractivity contribution in [3.63, 3.8) is 0 Å². The van der Waals surface area contributed by atoms with E-state index in [2.05, 4.69) is 0 Å². The molecule has 1 aromatic heterocycles. The zero-order valence-electron chi connectivity index (χ0n) is 12.9. The van der Waals surface area contributed by atoms with Gasteiger partial charge in [-0.1, -0.05) is 0 Å². The predicted octanol–water partition coefficient (Wildman–Crippen LogP) is 2.59. The van der Waals surface area contributed by atoms with E-state index in [-0.39, 0.29) is 34.0 Å². The fraction of sp³-hybridized carbons (Fsp3) is 0.118. The first-order chi connectivity index (χ1) is 11.5.